The van der Waals surface area contributed by atoms with E-state index in [-0.39, 0.29) is 6.61 Å². The van der Waals surface area contributed by atoms with Crippen LogP contribution in [0.2, 0.25) is 0 Å². The second-order valence-electron chi connectivity index (χ2n) is 3.28. The van der Waals surface area contributed by atoms with Gasteiger partial charge in [0.25, 0.3) is 0 Å². The Bertz CT molecular complexity index is 446. The summed E-state index contributed by atoms with van der Waals surface area (Å²) in [6.07, 6.45) is 0.642. The summed E-state index contributed by atoms with van der Waals surface area (Å²) in [5.41, 5.74) is 2.00. The van der Waals surface area contributed by atoms with E-state index >= 15 is 0 Å². The summed E-state index contributed by atoms with van der Waals surface area (Å²) < 4.78 is 4.64. The third kappa shape index (κ3) is 2.20. The maximum absolute atomic E-state index is 11.5. The number of hydrogen-bond acceptors (Lipinski definition) is 4. The molecule has 4 heteroatoms. The summed E-state index contributed by atoms with van der Waals surface area (Å²) in [6.45, 7) is 1.69. The first-order valence-corrected chi connectivity index (χ1v) is 4.93. The second-order valence-corrected chi connectivity index (χ2v) is 3.28. The highest BCUT2D eigenvalue weighted by Gasteiger charge is 2.14. The molecule has 0 fully saturated rings. The van der Waals surface area contributed by atoms with Gasteiger partial charge in [-0.1, -0.05) is 13.0 Å². The Hall–Kier alpha value is -1.86. The fraction of sp³-hybridized carbons (Fsp3) is 0.333. The molecule has 0 heterocycles. The molecule has 0 unspecified atom stereocenters. The zero-order valence-electron chi connectivity index (χ0n) is 9.28. The number of rotatable bonds is 3. The number of methoxy groups -OCH3 is 1. The van der Waals surface area contributed by atoms with Gasteiger partial charge >= 0.3 is 5.97 Å². The van der Waals surface area contributed by atoms with Crippen LogP contribution in [0, 0.1) is 11.3 Å². The number of carbonyl (C=O) groups is 1. The number of aliphatic hydroxyl groups is 1. The Morgan fingerprint density at radius 2 is 2.19 bits per heavy atom. The molecule has 0 saturated heterocycles. The van der Waals surface area contributed by atoms with Gasteiger partial charge in [0.1, 0.15) is 0 Å². The van der Waals surface area contributed by atoms with Gasteiger partial charge in [0.15, 0.2) is 0 Å². The zero-order chi connectivity index (χ0) is 12.1. The van der Waals surface area contributed by atoms with Crippen LogP contribution in [0.15, 0.2) is 12.1 Å². The van der Waals surface area contributed by atoms with E-state index in [4.69, 9.17) is 10.4 Å². The standard InChI is InChI=1S/C12H13NO3/c1-3-8-4-10(7-14)9(6-13)5-11(8)12(15)16-2/h4-5,14H,3,7H2,1-2H3. The first kappa shape index (κ1) is 12.2. The molecule has 0 aliphatic heterocycles. The van der Waals surface area contributed by atoms with Crippen molar-refractivity contribution < 1.29 is 14.6 Å². The van der Waals surface area contributed by atoms with Crippen LogP contribution in [0.5, 0.6) is 0 Å². The monoisotopic (exact) mass is 219 g/mol. The number of ether oxygens (including phenoxy) is 1. The van der Waals surface area contributed by atoms with Gasteiger partial charge in [0, 0.05) is 0 Å². The summed E-state index contributed by atoms with van der Waals surface area (Å²) >= 11 is 0. The van der Waals surface area contributed by atoms with Crippen molar-refractivity contribution >= 4 is 5.97 Å². The molecule has 84 valence electrons. The van der Waals surface area contributed by atoms with Crippen LogP contribution in [0.3, 0.4) is 0 Å². The van der Waals surface area contributed by atoms with Crippen LogP contribution in [0.4, 0.5) is 0 Å². The highest BCUT2D eigenvalue weighted by Crippen LogP contribution is 2.18. The van der Waals surface area contributed by atoms with Crippen molar-refractivity contribution in [3.05, 3.63) is 34.4 Å². The lowest BCUT2D eigenvalue weighted by Crippen LogP contribution is -2.07. The third-order valence-corrected chi connectivity index (χ3v) is 2.41. The molecule has 1 rings (SSSR count). The number of hydrogen-bond donors (Lipinski definition) is 1. The molecule has 0 radical (unpaired) electrons. The topological polar surface area (TPSA) is 70.3 Å². The normalized spacial score (nSPS) is 9.62. The van der Waals surface area contributed by atoms with Crippen molar-refractivity contribution in [2.75, 3.05) is 7.11 Å². The Morgan fingerprint density at radius 3 is 2.62 bits per heavy atom. The van der Waals surface area contributed by atoms with E-state index in [1.165, 1.54) is 13.2 Å². The van der Waals surface area contributed by atoms with Gasteiger partial charge in [-0.05, 0) is 23.6 Å². The van der Waals surface area contributed by atoms with Gasteiger partial charge in [0.05, 0.1) is 30.9 Å². The number of nitrogens with zero attached hydrogens (tertiary/aromatic N) is 1. The lowest BCUT2D eigenvalue weighted by Gasteiger charge is -2.09. The Balaban J connectivity index is 3.38. The van der Waals surface area contributed by atoms with Gasteiger partial charge in [-0.2, -0.15) is 5.26 Å². The molecule has 0 saturated carbocycles. The van der Waals surface area contributed by atoms with Gasteiger partial charge in [-0.3, -0.25) is 0 Å². The van der Waals surface area contributed by atoms with Gasteiger partial charge in [-0.25, -0.2) is 4.79 Å². The molecule has 1 N–H and O–H groups in total. The molecule has 1 aromatic carbocycles. The lowest BCUT2D eigenvalue weighted by molar-refractivity contribution is 0.0599. The fourth-order valence-corrected chi connectivity index (χ4v) is 1.52. The van der Waals surface area contributed by atoms with E-state index in [1.807, 2.05) is 13.0 Å². The molecule has 0 bridgehead atoms. The molecular weight excluding hydrogens is 206 g/mol. The predicted octanol–water partition coefficient (Wildman–Crippen LogP) is 1.40. The van der Waals surface area contributed by atoms with Crippen molar-refractivity contribution in [3.8, 4) is 6.07 Å². The summed E-state index contributed by atoms with van der Waals surface area (Å²) in [6, 6.07) is 5.09. The van der Waals surface area contributed by atoms with Crippen LogP contribution in [0.25, 0.3) is 0 Å². The van der Waals surface area contributed by atoms with E-state index in [9.17, 15) is 4.79 Å². The van der Waals surface area contributed by atoms with E-state index in [2.05, 4.69) is 4.74 Å². The third-order valence-electron chi connectivity index (χ3n) is 2.41. The molecule has 1 aromatic rings. The molecule has 0 aliphatic carbocycles. The fourth-order valence-electron chi connectivity index (χ4n) is 1.52. The van der Waals surface area contributed by atoms with Crippen molar-refractivity contribution in [1.82, 2.24) is 0 Å². The van der Waals surface area contributed by atoms with Crippen molar-refractivity contribution in [2.24, 2.45) is 0 Å². The predicted molar refractivity (Wildman–Crippen MR) is 57.8 cm³/mol. The smallest absolute Gasteiger partial charge is 0.338 e. The number of benzene rings is 1. The van der Waals surface area contributed by atoms with Crippen molar-refractivity contribution in [2.45, 2.75) is 20.0 Å². The van der Waals surface area contributed by atoms with Crippen LogP contribution < -0.4 is 0 Å². The molecule has 16 heavy (non-hydrogen) atoms. The average Bonchev–Trinajstić information content (AvgIpc) is 2.35. The number of aliphatic hydroxyl groups excluding tert-OH is 1. The molecule has 0 spiro atoms. The molecule has 0 amide bonds. The number of esters is 1. The van der Waals surface area contributed by atoms with Gasteiger partial charge < -0.3 is 9.84 Å². The summed E-state index contributed by atoms with van der Waals surface area (Å²) in [5.74, 6) is -0.460. The van der Waals surface area contributed by atoms with Crippen molar-refractivity contribution in [1.29, 1.82) is 5.26 Å². The average molecular weight is 219 g/mol. The lowest BCUT2D eigenvalue weighted by atomic mass is 9.97. The Labute approximate surface area is 94.1 Å². The second kappa shape index (κ2) is 5.29. The van der Waals surface area contributed by atoms with E-state index in [0.717, 1.165) is 5.56 Å². The van der Waals surface area contributed by atoms with Crippen LogP contribution >= 0.6 is 0 Å². The highest BCUT2D eigenvalue weighted by atomic mass is 16.5. The molecule has 4 nitrogen and oxygen atoms in total. The zero-order valence-corrected chi connectivity index (χ0v) is 9.28. The minimum absolute atomic E-state index is 0.211. The van der Waals surface area contributed by atoms with Crippen molar-refractivity contribution in [3.63, 3.8) is 0 Å². The van der Waals surface area contributed by atoms with E-state index < -0.39 is 5.97 Å². The minimum Gasteiger partial charge on any atom is -0.465 e. The van der Waals surface area contributed by atoms with Crippen LogP contribution in [-0.2, 0) is 17.8 Å². The molecule has 0 aromatic heterocycles. The number of carbonyl (C=O) groups excluding carboxylic acids is 1. The number of nitriles is 1. The Morgan fingerprint density at radius 1 is 1.50 bits per heavy atom. The quantitative estimate of drug-likeness (QED) is 0.780. The Kier molecular flexibility index (Phi) is 4.03. The summed E-state index contributed by atoms with van der Waals surface area (Å²) in [7, 11) is 1.30. The maximum atomic E-state index is 11.5. The maximum Gasteiger partial charge on any atom is 0.338 e. The SMILES string of the molecule is CCc1cc(CO)c(C#N)cc1C(=O)OC. The first-order valence-electron chi connectivity index (χ1n) is 4.93. The van der Waals surface area contributed by atoms with Gasteiger partial charge in [0.2, 0.25) is 0 Å². The summed E-state index contributed by atoms with van der Waals surface area (Å²) in [4.78, 5) is 11.5. The van der Waals surface area contributed by atoms with Crippen LogP contribution in [-0.4, -0.2) is 18.2 Å². The minimum atomic E-state index is -0.460. The largest absolute Gasteiger partial charge is 0.465 e. The molecule has 0 aliphatic rings. The van der Waals surface area contributed by atoms with E-state index in [0.29, 0.717) is 23.1 Å². The molecular formula is C12H13NO3. The van der Waals surface area contributed by atoms with Crippen LogP contribution in [0.1, 0.15) is 34.0 Å². The van der Waals surface area contributed by atoms with E-state index in [1.54, 1.807) is 6.07 Å². The molecule has 0 atom stereocenters. The summed E-state index contributed by atoms with van der Waals surface area (Å²) in [5, 5.41) is 18.0. The number of aryl methyl sites for hydroxylation is 1. The first-order chi connectivity index (χ1) is 7.67. The van der Waals surface area contributed by atoms with Gasteiger partial charge in [-0.15, -0.1) is 0 Å². The highest BCUT2D eigenvalue weighted by molar-refractivity contribution is 5.91.